The molecule has 1 rings (SSSR count). The minimum Gasteiger partial charge on any atom is -0.507 e. The van der Waals surface area contributed by atoms with Gasteiger partial charge in [-0.25, -0.2) is 4.79 Å². The minimum absolute atomic E-state index is 0.155. The van der Waals surface area contributed by atoms with E-state index >= 15 is 0 Å². The van der Waals surface area contributed by atoms with Crippen molar-refractivity contribution in [2.45, 2.75) is 86.0 Å². The second-order valence-electron chi connectivity index (χ2n) is 10.6. The third-order valence-electron chi connectivity index (χ3n) is 5.31. The zero-order valence-electron chi connectivity index (χ0n) is 20.5. The van der Waals surface area contributed by atoms with Crippen LogP contribution < -0.4 is 4.74 Å². The van der Waals surface area contributed by atoms with E-state index in [1.54, 1.807) is 6.92 Å². The van der Waals surface area contributed by atoms with Gasteiger partial charge in [0.05, 0.1) is 0 Å². The van der Waals surface area contributed by atoms with E-state index < -0.39 is 5.97 Å². The third-order valence-corrected chi connectivity index (χ3v) is 5.31. The van der Waals surface area contributed by atoms with Gasteiger partial charge in [0, 0.05) is 16.7 Å². The van der Waals surface area contributed by atoms with Crippen LogP contribution in [0, 0.1) is 11.8 Å². The second-order valence-corrected chi connectivity index (χ2v) is 10.6. The maximum Gasteiger partial charge on any atom is 0.333 e. The zero-order chi connectivity index (χ0) is 23.3. The standard InChI is InChI=1S/C26H42O4/c1-17(2)15-25(7,8)21-13-20(29-11-12-30-24(28)19(5)6)14-22(23(21)27)26(9,10)16-18(3)4/h13-14,17-18,27H,5,11-12,15-16H2,1-4,6-10H3. The fourth-order valence-electron chi connectivity index (χ4n) is 4.40. The Morgan fingerprint density at radius 1 is 0.967 bits per heavy atom. The molecule has 4 nitrogen and oxygen atoms in total. The number of ether oxygens (including phenoxy) is 2. The Hall–Kier alpha value is -1.97. The Bertz CT molecular complexity index is 698. The van der Waals surface area contributed by atoms with E-state index in [-0.39, 0.29) is 24.0 Å². The number of aromatic hydroxyl groups is 1. The molecule has 0 aliphatic rings. The van der Waals surface area contributed by atoms with E-state index in [2.05, 4.69) is 62.0 Å². The molecule has 1 N–H and O–H groups in total. The summed E-state index contributed by atoms with van der Waals surface area (Å²) in [6.45, 7) is 23.0. The van der Waals surface area contributed by atoms with Gasteiger partial charge in [0.15, 0.2) is 0 Å². The topological polar surface area (TPSA) is 55.8 Å². The summed E-state index contributed by atoms with van der Waals surface area (Å²) in [6, 6.07) is 3.88. The Labute approximate surface area is 183 Å². The predicted molar refractivity (Wildman–Crippen MR) is 124 cm³/mol. The first-order valence-electron chi connectivity index (χ1n) is 11.0. The summed E-state index contributed by atoms with van der Waals surface area (Å²) in [4.78, 5) is 11.6. The molecule has 0 radical (unpaired) electrons. The van der Waals surface area contributed by atoms with Gasteiger partial charge in [0.2, 0.25) is 0 Å². The molecule has 0 heterocycles. The first-order chi connectivity index (χ1) is 13.7. The molecule has 4 heteroatoms. The van der Waals surface area contributed by atoms with Gasteiger partial charge in [-0.2, -0.15) is 0 Å². The quantitative estimate of drug-likeness (QED) is 0.252. The molecule has 1 aromatic carbocycles. The van der Waals surface area contributed by atoms with Crippen molar-refractivity contribution >= 4 is 5.97 Å². The highest BCUT2D eigenvalue weighted by Crippen LogP contribution is 2.45. The van der Waals surface area contributed by atoms with Crippen LogP contribution in [0.5, 0.6) is 11.5 Å². The van der Waals surface area contributed by atoms with Gasteiger partial charge in [-0.15, -0.1) is 0 Å². The molecule has 0 atom stereocenters. The normalized spacial score (nSPS) is 12.4. The zero-order valence-corrected chi connectivity index (χ0v) is 20.5. The molecular weight excluding hydrogens is 376 g/mol. The molecule has 0 saturated heterocycles. The van der Waals surface area contributed by atoms with Crippen LogP contribution in [0.25, 0.3) is 0 Å². The lowest BCUT2D eigenvalue weighted by Crippen LogP contribution is -2.24. The number of carbonyl (C=O) groups is 1. The van der Waals surface area contributed by atoms with Crippen LogP contribution in [-0.4, -0.2) is 24.3 Å². The van der Waals surface area contributed by atoms with Crippen molar-refractivity contribution in [1.82, 2.24) is 0 Å². The van der Waals surface area contributed by atoms with Crippen LogP contribution in [0.4, 0.5) is 0 Å². The lowest BCUT2D eigenvalue weighted by molar-refractivity contribution is -0.139. The van der Waals surface area contributed by atoms with E-state index in [0.29, 0.717) is 28.9 Å². The summed E-state index contributed by atoms with van der Waals surface area (Å²) in [5.41, 5.74) is 1.77. The lowest BCUT2D eigenvalue weighted by atomic mass is 9.72. The largest absolute Gasteiger partial charge is 0.507 e. The van der Waals surface area contributed by atoms with Crippen LogP contribution >= 0.6 is 0 Å². The number of phenolic OH excluding ortho intramolecular Hbond substituents is 1. The van der Waals surface area contributed by atoms with Crippen molar-refractivity contribution in [3.05, 3.63) is 35.4 Å². The highest BCUT2D eigenvalue weighted by Gasteiger charge is 2.32. The van der Waals surface area contributed by atoms with E-state index in [1.807, 2.05) is 12.1 Å². The molecule has 0 bridgehead atoms. The number of rotatable bonds is 11. The van der Waals surface area contributed by atoms with Crippen LogP contribution in [0.3, 0.4) is 0 Å². The molecular formula is C26H42O4. The molecule has 0 aliphatic carbocycles. The molecule has 0 saturated carbocycles. The van der Waals surface area contributed by atoms with Gasteiger partial charge in [0.25, 0.3) is 0 Å². The minimum atomic E-state index is -0.415. The maximum atomic E-state index is 11.6. The van der Waals surface area contributed by atoms with Crippen LogP contribution in [0.1, 0.15) is 86.3 Å². The first-order valence-corrected chi connectivity index (χ1v) is 11.0. The maximum absolute atomic E-state index is 11.6. The summed E-state index contributed by atoms with van der Waals surface area (Å²) in [6.07, 6.45) is 1.90. The van der Waals surface area contributed by atoms with Gasteiger partial charge in [0.1, 0.15) is 24.7 Å². The number of hydrogen-bond donors (Lipinski definition) is 1. The second kappa shape index (κ2) is 10.4. The molecule has 1 aromatic rings. The number of carbonyl (C=O) groups excluding carboxylic acids is 1. The first kappa shape index (κ1) is 26.1. The van der Waals surface area contributed by atoms with Gasteiger partial charge >= 0.3 is 5.97 Å². The van der Waals surface area contributed by atoms with Crippen molar-refractivity contribution in [1.29, 1.82) is 0 Å². The fourth-order valence-corrected chi connectivity index (χ4v) is 4.40. The van der Waals surface area contributed by atoms with Crippen LogP contribution in [0.15, 0.2) is 24.3 Å². The molecule has 0 amide bonds. The van der Waals surface area contributed by atoms with Gasteiger partial charge in [-0.1, -0.05) is 62.0 Å². The van der Waals surface area contributed by atoms with E-state index in [1.165, 1.54) is 0 Å². The molecule has 170 valence electrons. The molecule has 0 aromatic heterocycles. The average molecular weight is 419 g/mol. The van der Waals surface area contributed by atoms with Crippen LogP contribution in [-0.2, 0) is 20.4 Å². The molecule has 0 aliphatic heterocycles. The summed E-state index contributed by atoms with van der Waals surface area (Å²) in [7, 11) is 0. The monoisotopic (exact) mass is 418 g/mol. The van der Waals surface area contributed by atoms with Crippen molar-refractivity contribution in [3.63, 3.8) is 0 Å². The molecule has 0 fully saturated rings. The van der Waals surface area contributed by atoms with E-state index in [4.69, 9.17) is 9.47 Å². The lowest BCUT2D eigenvalue weighted by Gasteiger charge is -2.34. The van der Waals surface area contributed by atoms with E-state index in [9.17, 15) is 9.90 Å². The number of hydrogen-bond acceptors (Lipinski definition) is 4. The molecule has 30 heavy (non-hydrogen) atoms. The SMILES string of the molecule is C=C(C)C(=O)OCCOc1cc(C(C)(C)CC(C)C)c(O)c(C(C)(C)CC(C)C)c1. The highest BCUT2D eigenvalue weighted by atomic mass is 16.6. The Morgan fingerprint density at radius 3 is 1.77 bits per heavy atom. The summed E-state index contributed by atoms with van der Waals surface area (Å²) < 4.78 is 11.1. The third kappa shape index (κ3) is 7.37. The number of esters is 1. The molecule has 0 unspecified atom stereocenters. The Balaban J connectivity index is 3.28. The fraction of sp³-hybridized carbons (Fsp3) is 0.654. The number of benzene rings is 1. The Kier molecular flexibility index (Phi) is 9.01. The van der Waals surface area contributed by atoms with Gasteiger partial charge in [-0.05, 0) is 54.6 Å². The average Bonchev–Trinajstić information content (AvgIpc) is 2.56. The van der Waals surface area contributed by atoms with Crippen molar-refractivity contribution in [3.8, 4) is 11.5 Å². The summed E-state index contributed by atoms with van der Waals surface area (Å²) in [5.74, 6) is 1.64. The van der Waals surface area contributed by atoms with Crippen LogP contribution in [0.2, 0.25) is 0 Å². The van der Waals surface area contributed by atoms with Crippen molar-refractivity contribution in [2.75, 3.05) is 13.2 Å². The summed E-state index contributed by atoms with van der Waals surface area (Å²) >= 11 is 0. The van der Waals surface area contributed by atoms with Gasteiger partial charge < -0.3 is 14.6 Å². The highest BCUT2D eigenvalue weighted by molar-refractivity contribution is 5.86. The number of phenols is 1. The summed E-state index contributed by atoms with van der Waals surface area (Å²) in [5, 5.41) is 11.3. The molecule has 0 spiro atoms. The Morgan fingerprint density at radius 2 is 1.40 bits per heavy atom. The van der Waals surface area contributed by atoms with Crippen molar-refractivity contribution in [2.24, 2.45) is 11.8 Å². The predicted octanol–water partition coefficient (Wildman–Crippen LogP) is 6.54. The van der Waals surface area contributed by atoms with Gasteiger partial charge in [-0.3, -0.25) is 0 Å². The smallest absolute Gasteiger partial charge is 0.333 e. The van der Waals surface area contributed by atoms with Crippen molar-refractivity contribution < 1.29 is 19.4 Å². The van der Waals surface area contributed by atoms with E-state index in [0.717, 1.165) is 24.0 Å².